The van der Waals surface area contributed by atoms with Gasteiger partial charge in [-0.1, -0.05) is 41.6 Å². The van der Waals surface area contributed by atoms with E-state index in [1.54, 1.807) is 24.3 Å². The SMILES string of the molecule is CCn1c(SCC(=O)Nc2ccccc2F)nnc1[C@@H](C)NC(=O)c1ccc(C)cc1. The fourth-order valence-corrected chi connectivity index (χ4v) is 3.76. The zero-order valence-electron chi connectivity index (χ0n) is 17.6. The van der Waals surface area contributed by atoms with Crippen LogP contribution in [-0.2, 0) is 11.3 Å². The number of aryl methyl sites for hydroxylation is 1. The van der Waals surface area contributed by atoms with Gasteiger partial charge in [-0.25, -0.2) is 4.39 Å². The molecule has 1 aromatic heterocycles. The van der Waals surface area contributed by atoms with Crippen molar-refractivity contribution in [3.05, 3.63) is 71.3 Å². The molecule has 0 aliphatic rings. The number of carbonyl (C=O) groups is 2. The van der Waals surface area contributed by atoms with Crippen molar-refractivity contribution in [1.82, 2.24) is 20.1 Å². The summed E-state index contributed by atoms with van der Waals surface area (Å²) in [4.78, 5) is 24.7. The molecular formula is C22H24FN5O2S. The highest BCUT2D eigenvalue weighted by atomic mass is 32.2. The number of benzene rings is 2. The molecule has 0 unspecified atom stereocenters. The minimum Gasteiger partial charge on any atom is -0.342 e. The van der Waals surface area contributed by atoms with Gasteiger partial charge in [0.15, 0.2) is 11.0 Å². The predicted octanol–water partition coefficient (Wildman–Crippen LogP) is 3.97. The first-order valence-corrected chi connectivity index (χ1v) is 10.9. The highest BCUT2D eigenvalue weighted by molar-refractivity contribution is 7.99. The lowest BCUT2D eigenvalue weighted by Crippen LogP contribution is -2.28. The Hall–Kier alpha value is -3.20. The summed E-state index contributed by atoms with van der Waals surface area (Å²) >= 11 is 1.20. The number of nitrogens with zero attached hydrogens (tertiary/aromatic N) is 3. The van der Waals surface area contributed by atoms with Gasteiger partial charge in [-0.3, -0.25) is 9.59 Å². The minimum atomic E-state index is -0.488. The number of para-hydroxylation sites is 1. The first-order valence-electron chi connectivity index (χ1n) is 9.86. The topological polar surface area (TPSA) is 88.9 Å². The second-order valence-corrected chi connectivity index (χ2v) is 7.91. The van der Waals surface area contributed by atoms with Crippen molar-refractivity contribution in [2.24, 2.45) is 0 Å². The number of anilines is 1. The number of hydrogen-bond donors (Lipinski definition) is 2. The average Bonchev–Trinajstić information content (AvgIpc) is 3.17. The Balaban J connectivity index is 1.63. The first kappa shape index (κ1) is 22.5. The van der Waals surface area contributed by atoms with Gasteiger partial charge in [-0.15, -0.1) is 10.2 Å². The summed E-state index contributed by atoms with van der Waals surface area (Å²) in [5, 5.41) is 14.4. The van der Waals surface area contributed by atoms with Crippen molar-refractivity contribution in [1.29, 1.82) is 0 Å². The maximum Gasteiger partial charge on any atom is 0.251 e. The van der Waals surface area contributed by atoms with Crippen LogP contribution in [-0.4, -0.2) is 32.3 Å². The molecule has 2 amide bonds. The molecule has 1 heterocycles. The lowest BCUT2D eigenvalue weighted by atomic mass is 10.1. The van der Waals surface area contributed by atoms with E-state index in [1.807, 2.05) is 37.5 Å². The summed E-state index contributed by atoms with van der Waals surface area (Å²) in [5.74, 6) is -0.381. The van der Waals surface area contributed by atoms with Crippen LogP contribution in [0.5, 0.6) is 0 Å². The third-order valence-corrected chi connectivity index (χ3v) is 5.56. The smallest absolute Gasteiger partial charge is 0.251 e. The van der Waals surface area contributed by atoms with Crippen LogP contribution < -0.4 is 10.6 Å². The molecular weight excluding hydrogens is 417 g/mol. The van der Waals surface area contributed by atoms with Gasteiger partial charge in [0.05, 0.1) is 17.5 Å². The van der Waals surface area contributed by atoms with Crippen molar-refractivity contribution in [2.75, 3.05) is 11.1 Å². The molecule has 0 aliphatic heterocycles. The number of amides is 2. The summed E-state index contributed by atoms with van der Waals surface area (Å²) in [6, 6.07) is 12.9. The number of nitrogens with one attached hydrogen (secondary N) is 2. The molecule has 0 fully saturated rings. The van der Waals surface area contributed by atoms with Crippen LogP contribution in [0.15, 0.2) is 53.7 Å². The van der Waals surface area contributed by atoms with Gasteiger partial charge in [0, 0.05) is 12.1 Å². The third-order valence-electron chi connectivity index (χ3n) is 4.59. The molecule has 0 saturated heterocycles. The summed E-state index contributed by atoms with van der Waals surface area (Å²) in [5.41, 5.74) is 1.79. The number of rotatable bonds is 8. The van der Waals surface area contributed by atoms with Gasteiger partial charge in [-0.2, -0.15) is 0 Å². The van der Waals surface area contributed by atoms with Gasteiger partial charge in [0.25, 0.3) is 5.91 Å². The van der Waals surface area contributed by atoms with E-state index < -0.39 is 5.82 Å². The van der Waals surface area contributed by atoms with Crippen molar-refractivity contribution < 1.29 is 14.0 Å². The van der Waals surface area contributed by atoms with Gasteiger partial charge in [0.2, 0.25) is 5.91 Å². The normalized spacial score (nSPS) is 11.7. The molecule has 0 radical (unpaired) electrons. The average molecular weight is 442 g/mol. The van der Waals surface area contributed by atoms with Gasteiger partial charge >= 0.3 is 0 Å². The summed E-state index contributed by atoms with van der Waals surface area (Å²) < 4.78 is 15.5. The van der Waals surface area contributed by atoms with E-state index in [0.717, 1.165) is 5.56 Å². The van der Waals surface area contributed by atoms with Crippen molar-refractivity contribution in [3.8, 4) is 0 Å². The van der Waals surface area contributed by atoms with Crippen LogP contribution in [0.3, 0.4) is 0 Å². The van der Waals surface area contributed by atoms with E-state index in [2.05, 4.69) is 20.8 Å². The third kappa shape index (κ3) is 5.69. The zero-order chi connectivity index (χ0) is 22.4. The van der Waals surface area contributed by atoms with Crippen LogP contribution in [0.25, 0.3) is 0 Å². The second kappa shape index (κ2) is 10.2. The molecule has 0 spiro atoms. The standard InChI is InChI=1S/C22H24FN5O2S/c1-4-28-20(15(3)24-21(30)16-11-9-14(2)10-12-16)26-27-22(28)31-13-19(29)25-18-8-6-5-7-17(18)23/h5-12,15H,4,13H2,1-3H3,(H,24,30)(H,25,29)/t15-/m1/s1. The number of carbonyl (C=O) groups excluding carboxylic acids is 2. The first-order chi connectivity index (χ1) is 14.9. The van der Waals surface area contributed by atoms with Crippen LogP contribution in [0.4, 0.5) is 10.1 Å². The number of hydrogen-bond acceptors (Lipinski definition) is 5. The second-order valence-electron chi connectivity index (χ2n) is 6.96. The molecule has 3 aromatic rings. The summed E-state index contributed by atoms with van der Waals surface area (Å²) in [6.45, 7) is 6.31. The Bertz CT molecular complexity index is 1070. The highest BCUT2D eigenvalue weighted by Crippen LogP contribution is 2.21. The van der Waals surface area contributed by atoms with E-state index in [1.165, 1.54) is 23.9 Å². The van der Waals surface area contributed by atoms with E-state index in [0.29, 0.717) is 23.1 Å². The molecule has 2 aromatic carbocycles. The maximum absolute atomic E-state index is 13.7. The molecule has 1 atom stereocenters. The minimum absolute atomic E-state index is 0.0522. The molecule has 0 saturated carbocycles. The van der Waals surface area contributed by atoms with E-state index >= 15 is 0 Å². The van der Waals surface area contributed by atoms with Crippen LogP contribution >= 0.6 is 11.8 Å². The Morgan fingerprint density at radius 2 is 1.84 bits per heavy atom. The highest BCUT2D eigenvalue weighted by Gasteiger charge is 2.20. The number of halogens is 1. The Morgan fingerprint density at radius 3 is 2.52 bits per heavy atom. The number of thioether (sulfide) groups is 1. The predicted molar refractivity (Wildman–Crippen MR) is 119 cm³/mol. The zero-order valence-corrected chi connectivity index (χ0v) is 18.4. The van der Waals surface area contributed by atoms with Crippen LogP contribution in [0.1, 0.15) is 41.6 Å². The molecule has 9 heteroatoms. The Morgan fingerprint density at radius 1 is 1.13 bits per heavy atom. The lowest BCUT2D eigenvalue weighted by molar-refractivity contribution is -0.113. The maximum atomic E-state index is 13.7. The fourth-order valence-electron chi connectivity index (χ4n) is 2.95. The van der Waals surface area contributed by atoms with E-state index in [4.69, 9.17) is 0 Å². The molecule has 0 bridgehead atoms. The molecule has 2 N–H and O–H groups in total. The molecule has 3 rings (SSSR count). The molecule has 162 valence electrons. The van der Waals surface area contributed by atoms with E-state index in [9.17, 15) is 14.0 Å². The fraction of sp³-hybridized carbons (Fsp3) is 0.273. The van der Waals surface area contributed by atoms with E-state index in [-0.39, 0.29) is 29.3 Å². The molecule has 0 aliphatic carbocycles. The summed E-state index contributed by atoms with van der Waals surface area (Å²) in [6.07, 6.45) is 0. The number of aromatic nitrogens is 3. The van der Waals surface area contributed by atoms with Crippen LogP contribution in [0.2, 0.25) is 0 Å². The molecule has 7 nitrogen and oxygen atoms in total. The van der Waals surface area contributed by atoms with Gasteiger partial charge in [0.1, 0.15) is 5.82 Å². The summed E-state index contributed by atoms with van der Waals surface area (Å²) in [7, 11) is 0. The van der Waals surface area contributed by atoms with Crippen molar-refractivity contribution in [2.45, 2.75) is 38.5 Å². The monoisotopic (exact) mass is 441 g/mol. The Kier molecular flexibility index (Phi) is 7.41. The molecule has 31 heavy (non-hydrogen) atoms. The largest absolute Gasteiger partial charge is 0.342 e. The van der Waals surface area contributed by atoms with Crippen molar-refractivity contribution >= 4 is 29.3 Å². The lowest BCUT2D eigenvalue weighted by Gasteiger charge is -2.15. The van der Waals surface area contributed by atoms with Crippen molar-refractivity contribution in [3.63, 3.8) is 0 Å². The Labute approximate surface area is 184 Å². The van der Waals surface area contributed by atoms with Gasteiger partial charge in [-0.05, 0) is 45.0 Å². The quantitative estimate of drug-likeness (QED) is 0.517. The van der Waals surface area contributed by atoms with Crippen LogP contribution in [0, 0.1) is 12.7 Å². The van der Waals surface area contributed by atoms with Gasteiger partial charge < -0.3 is 15.2 Å².